The smallest absolute Gasteiger partial charge is 0.242 e. The van der Waals surface area contributed by atoms with E-state index in [1.165, 1.54) is 43.2 Å². The molecule has 0 fully saturated rings. The summed E-state index contributed by atoms with van der Waals surface area (Å²) in [5.41, 5.74) is 2.51. The van der Waals surface area contributed by atoms with Crippen molar-refractivity contribution in [3.8, 4) is 22.8 Å². The number of aryl methyl sites for hydroxylation is 1. The Labute approximate surface area is 179 Å². The topological polar surface area (TPSA) is 103 Å². The van der Waals surface area contributed by atoms with Crippen LogP contribution in [0.4, 0.5) is 0 Å². The molecular formula is C21H20N6O3S. The Morgan fingerprint density at radius 2 is 1.77 bits per heavy atom. The summed E-state index contributed by atoms with van der Waals surface area (Å²) in [4.78, 5) is 17.0. The van der Waals surface area contributed by atoms with Gasteiger partial charge in [-0.3, -0.25) is 9.78 Å². The normalized spacial score (nSPS) is 11.7. The summed E-state index contributed by atoms with van der Waals surface area (Å²) < 4.78 is 29.2. The van der Waals surface area contributed by atoms with Crippen LogP contribution in [0.25, 0.3) is 22.8 Å². The third kappa shape index (κ3) is 3.90. The van der Waals surface area contributed by atoms with Crippen LogP contribution in [0.1, 0.15) is 5.69 Å². The summed E-state index contributed by atoms with van der Waals surface area (Å²) in [5, 5.41) is 8.81. The van der Waals surface area contributed by atoms with Crippen molar-refractivity contribution in [1.29, 1.82) is 0 Å². The van der Waals surface area contributed by atoms with Crippen LogP contribution in [-0.2, 0) is 10.0 Å². The highest BCUT2D eigenvalue weighted by Gasteiger charge is 2.18. The summed E-state index contributed by atoms with van der Waals surface area (Å²) >= 11 is 0. The van der Waals surface area contributed by atoms with Crippen LogP contribution < -0.4 is 5.43 Å². The molecule has 0 unspecified atom stereocenters. The lowest BCUT2D eigenvalue weighted by atomic mass is 10.2. The largest absolute Gasteiger partial charge is 0.287 e. The Hall–Kier alpha value is -3.63. The van der Waals surface area contributed by atoms with Gasteiger partial charge in [-0.25, -0.2) is 22.1 Å². The molecule has 0 N–H and O–H groups in total. The molecule has 1 aromatic carbocycles. The third-order valence-corrected chi connectivity index (χ3v) is 6.49. The Morgan fingerprint density at radius 1 is 0.968 bits per heavy atom. The molecule has 0 amide bonds. The van der Waals surface area contributed by atoms with E-state index in [0.29, 0.717) is 11.4 Å². The fourth-order valence-corrected chi connectivity index (χ4v) is 4.02. The minimum atomic E-state index is -3.61. The standard InChI is InChI=1S/C21H20N6O3S/c1-15-13-17(7-10-22-15)27-19(8-11-23-27)21-20(28)9-12-26(24-21)16-5-4-6-18(14-16)31(29,30)25(2)3/h4-14H,1-3H3. The van der Waals surface area contributed by atoms with E-state index in [1.54, 1.807) is 41.3 Å². The average Bonchev–Trinajstić information content (AvgIpc) is 3.24. The maximum atomic E-state index is 12.6. The van der Waals surface area contributed by atoms with Crippen molar-refractivity contribution in [2.75, 3.05) is 14.1 Å². The van der Waals surface area contributed by atoms with E-state index in [-0.39, 0.29) is 16.0 Å². The van der Waals surface area contributed by atoms with E-state index in [9.17, 15) is 13.2 Å². The third-order valence-electron chi connectivity index (χ3n) is 4.68. The van der Waals surface area contributed by atoms with Gasteiger partial charge in [-0.15, -0.1) is 0 Å². The molecule has 0 aliphatic heterocycles. The molecule has 0 aliphatic carbocycles. The number of nitrogens with zero attached hydrogens (tertiary/aromatic N) is 6. The van der Waals surface area contributed by atoms with E-state index >= 15 is 0 Å². The van der Waals surface area contributed by atoms with E-state index < -0.39 is 10.0 Å². The van der Waals surface area contributed by atoms with Crippen molar-refractivity contribution in [2.24, 2.45) is 0 Å². The molecule has 0 saturated heterocycles. The van der Waals surface area contributed by atoms with Gasteiger partial charge in [0.25, 0.3) is 0 Å². The van der Waals surface area contributed by atoms with Gasteiger partial charge in [0, 0.05) is 38.2 Å². The first kappa shape index (κ1) is 20.6. The highest BCUT2D eigenvalue weighted by molar-refractivity contribution is 7.89. The first-order chi connectivity index (χ1) is 14.8. The number of hydrogen-bond donors (Lipinski definition) is 0. The number of aromatic nitrogens is 5. The predicted octanol–water partition coefficient (Wildman–Crippen LogP) is 2.04. The van der Waals surface area contributed by atoms with Crippen molar-refractivity contribution in [3.05, 3.63) is 83.0 Å². The molecule has 0 atom stereocenters. The number of benzene rings is 1. The number of rotatable bonds is 5. The van der Waals surface area contributed by atoms with Crippen LogP contribution in [0.3, 0.4) is 0 Å². The average molecular weight is 436 g/mol. The van der Waals surface area contributed by atoms with Gasteiger partial charge in [0.15, 0.2) is 5.69 Å². The van der Waals surface area contributed by atoms with Crippen LogP contribution in [0, 0.1) is 6.92 Å². The Morgan fingerprint density at radius 3 is 2.52 bits per heavy atom. The van der Waals surface area contributed by atoms with E-state index in [1.807, 2.05) is 13.0 Å². The fraction of sp³-hybridized carbons (Fsp3) is 0.143. The van der Waals surface area contributed by atoms with E-state index in [4.69, 9.17) is 0 Å². The van der Waals surface area contributed by atoms with E-state index in [0.717, 1.165) is 15.7 Å². The Balaban J connectivity index is 1.83. The zero-order chi connectivity index (χ0) is 22.2. The molecule has 0 spiro atoms. The molecule has 0 aliphatic rings. The lowest BCUT2D eigenvalue weighted by Crippen LogP contribution is -2.22. The molecule has 4 aromatic rings. The highest BCUT2D eigenvalue weighted by Crippen LogP contribution is 2.20. The predicted molar refractivity (Wildman–Crippen MR) is 116 cm³/mol. The minimum absolute atomic E-state index is 0.134. The zero-order valence-electron chi connectivity index (χ0n) is 17.2. The second-order valence-corrected chi connectivity index (χ2v) is 9.19. The van der Waals surface area contributed by atoms with Crippen LogP contribution in [0.5, 0.6) is 0 Å². The minimum Gasteiger partial charge on any atom is -0.287 e. The first-order valence-corrected chi connectivity index (χ1v) is 10.8. The summed E-state index contributed by atoms with van der Waals surface area (Å²) in [7, 11) is -0.661. The van der Waals surface area contributed by atoms with Crippen molar-refractivity contribution in [3.63, 3.8) is 0 Å². The molecular weight excluding hydrogens is 416 g/mol. The number of sulfonamides is 1. The van der Waals surface area contributed by atoms with Crippen LogP contribution in [0.15, 0.2) is 76.8 Å². The molecule has 158 valence electrons. The summed E-state index contributed by atoms with van der Waals surface area (Å²) in [5.74, 6) is 0. The molecule has 3 heterocycles. The summed E-state index contributed by atoms with van der Waals surface area (Å²) in [6, 6.07) is 13.1. The summed E-state index contributed by atoms with van der Waals surface area (Å²) in [6.07, 6.45) is 4.77. The Bertz CT molecular complexity index is 1420. The molecule has 0 saturated carbocycles. The van der Waals surface area contributed by atoms with Gasteiger partial charge in [0.1, 0.15) is 0 Å². The quantitative estimate of drug-likeness (QED) is 0.474. The molecule has 0 bridgehead atoms. The van der Waals surface area contributed by atoms with Crippen molar-refractivity contribution in [2.45, 2.75) is 11.8 Å². The molecule has 10 heteroatoms. The van der Waals surface area contributed by atoms with Crippen molar-refractivity contribution >= 4 is 10.0 Å². The van der Waals surface area contributed by atoms with Crippen LogP contribution >= 0.6 is 0 Å². The van der Waals surface area contributed by atoms with Crippen molar-refractivity contribution in [1.82, 2.24) is 28.9 Å². The SMILES string of the molecule is Cc1cc(-n2nccc2-c2nn(-c3cccc(S(=O)(=O)N(C)C)c3)ccc2=O)ccn1. The van der Waals surface area contributed by atoms with Gasteiger partial charge in [-0.05, 0) is 43.3 Å². The van der Waals surface area contributed by atoms with Crippen LogP contribution in [-0.4, -0.2) is 51.4 Å². The maximum Gasteiger partial charge on any atom is 0.242 e. The lowest BCUT2D eigenvalue weighted by Gasteiger charge is -2.13. The maximum absolute atomic E-state index is 12.6. The molecule has 31 heavy (non-hydrogen) atoms. The van der Waals surface area contributed by atoms with Crippen molar-refractivity contribution < 1.29 is 8.42 Å². The first-order valence-electron chi connectivity index (χ1n) is 9.38. The van der Waals surface area contributed by atoms with Gasteiger partial charge in [-0.1, -0.05) is 6.07 Å². The molecule has 0 radical (unpaired) electrons. The molecule has 4 rings (SSSR count). The summed E-state index contributed by atoms with van der Waals surface area (Å²) in [6.45, 7) is 1.87. The Kier molecular flexibility index (Phi) is 5.25. The monoisotopic (exact) mass is 436 g/mol. The molecule has 3 aromatic heterocycles. The van der Waals surface area contributed by atoms with Gasteiger partial charge in [-0.2, -0.15) is 10.2 Å². The van der Waals surface area contributed by atoms with E-state index in [2.05, 4.69) is 15.2 Å². The van der Waals surface area contributed by atoms with Gasteiger partial charge >= 0.3 is 0 Å². The second kappa shape index (κ2) is 7.89. The fourth-order valence-electron chi connectivity index (χ4n) is 3.08. The zero-order valence-corrected chi connectivity index (χ0v) is 18.0. The van der Waals surface area contributed by atoms with Gasteiger partial charge in [0.05, 0.1) is 28.2 Å². The number of pyridine rings is 1. The molecule has 9 nitrogen and oxygen atoms in total. The lowest BCUT2D eigenvalue weighted by molar-refractivity contribution is 0.520. The van der Waals surface area contributed by atoms with Gasteiger partial charge < -0.3 is 0 Å². The highest BCUT2D eigenvalue weighted by atomic mass is 32.2. The number of hydrogen-bond acceptors (Lipinski definition) is 6. The van der Waals surface area contributed by atoms with Crippen LogP contribution in [0.2, 0.25) is 0 Å². The second-order valence-electron chi connectivity index (χ2n) is 7.04. The van der Waals surface area contributed by atoms with Gasteiger partial charge in [0.2, 0.25) is 15.5 Å².